The highest BCUT2D eigenvalue weighted by Gasteiger charge is 2.09. The van der Waals surface area contributed by atoms with Crippen LogP contribution in [0.5, 0.6) is 0 Å². The number of nitrogens with zero attached hydrogens (tertiary/aromatic N) is 3. The summed E-state index contributed by atoms with van der Waals surface area (Å²) in [4.78, 5) is 15.9. The molecule has 68 valence electrons. The third kappa shape index (κ3) is 1.35. The van der Waals surface area contributed by atoms with Crippen LogP contribution in [0.4, 0.5) is 0 Å². The van der Waals surface area contributed by atoms with Crippen LogP contribution in [0.3, 0.4) is 0 Å². The molecule has 2 aromatic heterocycles. The number of carbonyl (C=O) groups excluding carboxylic acids is 1. The highest BCUT2D eigenvalue weighted by atomic mass is 32.1. The van der Waals surface area contributed by atoms with E-state index in [0.717, 1.165) is 16.4 Å². The Hall–Kier alpha value is -1.23. The van der Waals surface area contributed by atoms with Gasteiger partial charge in [0, 0.05) is 6.92 Å². The molecule has 0 saturated heterocycles. The summed E-state index contributed by atoms with van der Waals surface area (Å²) in [5.74, 6) is -0.0178. The molecule has 0 amide bonds. The molecule has 4 nitrogen and oxygen atoms in total. The molecule has 0 N–H and O–H groups in total. The van der Waals surface area contributed by atoms with Gasteiger partial charge < -0.3 is 0 Å². The van der Waals surface area contributed by atoms with E-state index in [1.54, 1.807) is 10.7 Å². The summed E-state index contributed by atoms with van der Waals surface area (Å²) in [6.07, 6.45) is 2.58. The first-order valence-electron chi connectivity index (χ1n) is 4.06. The number of hydrogen-bond donors (Lipinski definition) is 0. The summed E-state index contributed by atoms with van der Waals surface area (Å²) in [5, 5.41) is 5.29. The monoisotopic (exact) mass is 195 g/mol. The number of carbonyl (C=O) groups is 1. The van der Waals surface area contributed by atoms with E-state index < -0.39 is 0 Å². The molecule has 0 aliphatic heterocycles. The molecule has 0 fully saturated rings. The van der Waals surface area contributed by atoms with Gasteiger partial charge in [-0.2, -0.15) is 5.10 Å². The summed E-state index contributed by atoms with van der Waals surface area (Å²) in [7, 11) is 0. The molecule has 2 rings (SSSR count). The maximum Gasteiger partial charge on any atom is 0.212 e. The van der Waals surface area contributed by atoms with Crippen LogP contribution in [0.2, 0.25) is 0 Å². The molecule has 5 heteroatoms. The van der Waals surface area contributed by atoms with Crippen molar-refractivity contribution in [2.24, 2.45) is 0 Å². The van der Waals surface area contributed by atoms with Gasteiger partial charge in [-0.15, -0.1) is 0 Å². The quantitative estimate of drug-likeness (QED) is 0.683. The van der Waals surface area contributed by atoms with Gasteiger partial charge in [0.15, 0.2) is 5.78 Å². The molecule has 0 radical (unpaired) electrons. The maximum absolute atomic E-state index is 11.0. The highest BCUT2D eigenvalue weighted by molar-refractivity contribution is 7.16. The van der Waals surface area contributed by atoms with Crippen molar-refractivity contribution in [2.75, 3.05) is 0 Å². The smallest absolute Gasteiger partial charge is 0.212 e. The molecule has 2 heterocycles. The SMILES string of the molecule is CCc1nn2cc(C(C)=O)nc2s1. The second-order valence-corrected chi connectivity index (χ2v) is 3.80. The zero-order chi connectivity index (χ0) is 9.42. The van der Waals surface area contributed by atoms with Crippen molar-refractivity contribution in [3.8, 4) is 0 Å². The van der Waals surface area contributed by atoms with Crippen molar-refractivity contribution in [3.63, 3.8) is 0 Å². The van der Waals surface area contributed by atoms with E-state index in [4.69, 9.17) is 0 Å². The molecule has 0 bridgehead atoms. The van der Waals surface area contributed by atoms with E-state index in [9.17, 15) is 4.79 Å². The Kier molecular flexibility index (Phi) is 1.88. The van der Waals surface area contributed by atoms with Gasteiger partial charge in [0.25, 0.3) is 0 Å². The van der Waals surface area contributed by atoms with Crippen LogP contribution in [0.1, 0.15) is 29.3 Å². The Morgan fingerprint density at radius 2 is 2.46 bits per heavy atom. The molecule has 2 aromatic rings. The fourth-order valence-electron chi connectivity index (χ4n) is 1.05. The van der Waals surface area contributed by atoms with Gasteiger partial charge in [0.1, 0.15) is 10.7 Å². The van der Waals surface area contributed by atoms with E-state index in [-0.39, 0.29) is 5.78 Å². The van der Waals surface area contributed by atoms with E-state index in [0.29, 0.717) is 5.69 Å². The van der Waals surface area contributed by atoms with Crippen LogP contribution in [0.25, 0.3) is 4.96 Å². The van der Waals surface area contributed by atoms with Crippen molar-refractivity contribution in [1.82, 2.24) is 14.6 Å². The van der Waals surface area contributed by atoms with Gasteiger partial charge in [-0.1, -0.05) is 18.3 Å². The van der Waals surface area contributed by atoms with Crippen LogP contribution in [0, 0.1) is 0 Å². The number of aromatic nitrogens is 3. The molecule has 0 aliphatic carbocycles. The minimum atomic E-state index is -0.0178. The topological polar surface area (TPSA) is 47.3 Å². The molecule has 0 saturated carbocycles. The first-order valence-corrected chi connectivity index (χ1v) is 4.88. The van der Waals surface area contributed by atoms with Crippen LogP contribution in [-0.4, -0.2) is 20.4 Å². The number of rotatable bonds is 2. The minimum absolute atomic E-state index is 0.0178. The Morgan fingerprint density at radius 3 is 3.00 bits per heavy atom. The first kappa shape index (κ1) is 8.37. The van der Waals surface area contributed by atoms with Crippen molar-refractivity contribution >= 4 is 22.1 Å². The van der Waals surface area contributed by atoms with Crippen molar-refractivity contribution < 1.29 is 4.79 Å². The van der Waals surface area contributed by atoms with Crippen LogP contribution in [0.15, 0.2) is 6.20 Å². The Labute approximate surface area is 79.2 Å². The van der Waals surface area contributed by atoms with Gasteiger partial charge in [-0.3, -0.25) is 4.79 Å². The van der Waals surface area contributed by atoms with Gasteiger partial charge in [-0.05, 0) is 6.42 Å². The standard InChI is InChI=1S/C8H9N3OS/c1-3-7-10-11-4-6(5(2)12)9-8(11)13-7/h4H,3H2,1-2H3. The summed E-state index contributed by atoms with van der Waals surface area (Å²) >= 11 is 1.52. The molecule has 13 heavy (non-hydrogen) atoms. The summed E-state index contributed by atoms with van der Waals surface area (Å²) in [6.45, 7) is 3.55. The fraction of sp³-hybridized carbons (Fsp3) is 0.375. The molecule has 0 aliphatic rings. The second kappa shape index (κ2) is 2.92. The second-order valence-electron chi connectivity index (χ2n) is 2.76. The number of Topliss-reactive ketones (excluding diaryl/α,β-unsaturated/α-hetero) is 1. The van der Waals surface area contributed by atoms with Crippen LogP contribution < -0.4 is 0 Å². The molecule has 0 unspecified atom stereocenters. The molecular weight excluding hydrogens is 186 g/mol. The van der Waals surface area contributed by atoms with Gasteiger partial charge in [0.05, 0.1) is 6.20 Å². The Balaban J connectivity index is 2.54. The molecule has 0 atom stereocenters. The lowest BCUT2D eigenvalue weighted by Gasteiger charge is -1.83. The number of aryl methyl sites for hydroxylation is 1. The van der Waals surface area contributed by atoms with E-state index in [1.807, 2.05) is 6.92 Å². The van der Waals surface area contributed by atoms with Crippen LogP contribution >= 0.6 is 11.3 Å². The normalized spacial score (nSPS) is 10.9. The van der Waals surface area contributed by atoms with E-state index in [2.05, 4.69) is 10.1 Å². The summed E-state index contributed by atoms with van der Waals surface area (Å²) in [6, 6.07) is 0. The predicted octanol–water partition coefficient (Wildman–Crippen LogP) is 1.56. The first-order chi connectivity index (χ1) is 6.20. The lowest BCUT2D eigenvalue weighted by atomic mass is 10.3. The number of imidazole rings is 1. The Morgan fingerprint density at radius 1 is 1.69 bits per heavy atom. The Bertz CT molecular complexity index is 425. The summed E-state index contributed by atoms with van der Waals surface area (Å²) in [5.41, 5.74) is 0.487. The third-order valence-corrected chi connectivity index (χ3v) is 2.82. The number of hydrogen-bond acceptors (Lipinski definition) is 4. The number of ketones is 1. The lowest BCUT2D eigenvalue weighted by molar-refractivity contribution is 0.101. The zero-order valence-electron chi connectivity index (χ0n) is 7.44. The van der Waals surface area contributed by atoms with Gasteiger partial charge in [-0.25, -0.2) is 9.50 Å². The highest BCUT2D eigenvalue weighted by Crippen LogP contribution is 2.14. The average molecular weight is 195 g/mol. The molecule has 0 aromatic carbocycles. The lowest BCUT2D eigenvalue weighted by Crippen LogP contribution is -1.91. The molecule has 0 spiro atoms. The summed E-state index contributed by atoms with van der Waals surface area (Å²) < 4.78 is 1.67. The minimum Gasteiger partial charge on any atom is -0.293 e. The van der Waals surface area contributed by atoms with Crippen molar-refractivity contribution in [2.45, 2.75) is 20.3 Å². The maximum atomic E-state index is 11.0. The average Bonchev–Trinajstić information content (AvgIpc) is 2.58. The van der Waals surface area contributed by atoms with Crippen molar-refractivity contribution in [3.05, 3.63) is 16.9 Å². The molecular formula is C8H9N3OS. The largest absolute Gasteiger partial charge is 0.293 e. The zero-order valence-corrected chi connectivity index (χ0v) is 8.26. The van der Waals surface area contributed by atoms with Crippen molar-refractivity contribution in [1.29, 1.82) is 0 Å². The third-order valence-electron chi connectivity index (χ3n) is 1.75. The predicted molar refractivity (Wildman–Crippen MR) is 50.2 cm³/mol. The van der Waals surface area contributed by atoms with E-state index in [1.165, 1.54) is 18.3 Å². The van der Waals surface area contributed by atoms with Crippen LogP contribution in [-0.2, 0) is 6.42 Å². The van der Waals surface area contributed by atoms with Gasteiger partial charge >= 0.3 is 0 Å². The number of fused-ring (bicyclic) bond motifs is 1. The fourth-order valence-corrected chi connectivity index (χ4v) is 1.87. The van der Waals surface area contributed by atoms with E-state index >= 15 is 0 Å². The van der Waals surface area contributed by atoms with Gasteiger partial charge in [0.2, 0.25) is 4.96 Å².